The molecule has 0 aliphatic heterocycles. The quantitative estimate of drug-likeness (QED) is 0.663. The number of hydrogen-bond donors (Lipinski definition) is 0. The van der Waals surface area contributed by atoms with Crippen LogP contribution in [-0.4, -0.2) is 18.6 Å². The van der Waals surface area contributed by atoms with Crippen LogP contribution in [-0.2, 0) is 11.2 Å². The molecule has 96 valence electrons. The highest BCUT2D eigenvalue weighted by molar-refractivity contribution is 6.18. The fraction of sp³-hybridized carbons (Fsp3) is 0.600. The summed E-state index contributed by atoms with van der Waals surface area (Å²) in [7, 11) is 0. The lowest BCUT2D eigenvalue weighted by molar-refractivity contribution is 0.0700. The van der Waals surface area contributed by atoms with Gasteiger partial charge in [-0.05, 0) is 45.1 Å². The second kappa shape index (κ2) is 7.73. The average molecular weight is 255 g/mol. The minimum Gasteiger partial charge on any atom is -0.379 e. The Morgan fingerprint density at radius 1 is 1.18 bits per heavy atom. The van der Waals surface area contributed by atoms with Crippen molar-refractivity contribution in [3.8, 4) is 0 Å². The molecular formula is C15H23ClO. The molecule has 0 radical (unpaired) electrons. The zero-order valence-electron chi connectivity index (χ0n) is 11.1. The zero-order chi connectivity index (χ0) is 12.7. The van der Waals surface area contributed by atoms with E-state index in [9.17, 15) is 0 Å². The third-order valence-electron chi connectivity index (χ3n) is 2.84. The number of aryl methyl sites for hydroxylation is 1. The number of halogens is 1. The van der Waals surface area contributed by atoms with Crippen molar-refractivity contribution in [2.45, 2.75) is 39.7 Å². The second-order valence-corrected chi connectivity index (χ2v) is 5.23. The van der Waals surface area contributed by atoms with Gasteiger partial charge < -0.3 is 4.74 Å². The van der Waals surface area contributed by atoms with Gasteiger partial charge in [-0.25, -0.2) is 0 Å². The van der Waals surface area contributed by atoms with Crippen LogP contribution in [0.15, 0.2) is 24.3 Å². The molecule has 1 unspecified atom stereocenters. The minimum absolute atomic E-state index is 0.311. The maximum atomic E-state index is 6.01. The molecule has 0 aliphatic carbocycles. The normalized spacial score (nSPS) is 13.0. The van der Waals surface area contributed by atoms with Crippen LogP contribution in [0.1, 0.15) is 31.4 Å². The molecule has 0 spiro atoms. The van der Waals surface area contributed by atoms with Crippen LogP contribution in [0.5, 0.6) is 0 Å². The Morgan fingerprint density at radius 3 is 2.35 bits per heavy atom. The largest absolute Gasteiger partial charge is 0.379 e. The van der Waals surface area contributed by atoms with Gasteiger partial charge in [0.25, 0.3) is 0 Å². The van der Waals surface area contributed by atoms with Crippen LogP contribution in [0.4, 0.5) is 0 Å². The zero-order valence-corrected chi connectivity index (χ0v) is 11.8. The first kappa shape index (κ1) is 14.5. The van der Waals surface area contributed by atoms with Crippen LogP contribution < -0.4 is 0 Å². The molecule has 0 bridgehead atoms. The fourth-order valence-electron chi connectivity index (χ4n) is 1.76. The predicted molar refractivity (Wildman–Crippen MR) is 74.8 cm³/mol. The third kappa shape index (κ3) is 6.09. The van der Waals surface area contributed by atoms with Crippen LogP contribution >= 0.6 is 11.6 Å². The van der Waals surface area contributed by atoms with Crippen molar-refractivity contribution in [3.05, 3.63) is 35.4 Å². The number of hydrogen-bond acceptors (Lipinski definition) is 1. The Balaban J connectivity index is 2.38. The van der Waals surface area contributed by atoms with Crippen molar-refractivity contribution in [2.75, 3.05) is 12.5 Å². The van der Waals surface area contributed by atoms with E-state index in [1.807, 2.05) is 0 Å². The number of benzene rings is 1. The third-order valence-corrected chi connectivity index (χ3v) is 3.28. The van der Waals surface area contributed by atoms with Crippen molar-refractivity contribution >= 4 is 11.6 Å². The molecule has 17 heavy (non-hydrogen) atoms. The molecule has 0 heterocycles. The summed E-state index contributed by atoms with van der Waals surface area (Å²) in [5.41, 5.74) is 2.67. The summed E-state index contributed by atoms with van der Waals surface area (Å²) >= 11 is 6.01. The lowest BCUT2D eigenvalue weighted by atomic mass is 9.97. The van der Waals surface area contributed by atoms with Crippen molar-refractivity contribution in [1.82, 2.24) is 0 Å². The van der Waals surface area contributed by atoms with E-state index >= 15 is 0 Å². The van der Waals surface area contributed by atoms with Crippen LogP contribution in [0.2, 0.25) is 0 Å². The number of rotatable bonds is 7. The van der Waals surface area contributed by atoms with Crippen molar-refractivity contribution < 1.29 is 4.74 Å². The van der Waals surface area contributed by atoms with E-state index in [-0.39, 0.29) is 0 Å². The molecule has 0 amide bonds. The Labute approximate surface area is 110 Å². The molecule has 0 saturated carbocycles. The second-order valence-electron chi connectivity index (χ2n) is 4.92. The van der Waals surface area contributed by atoms with Gasteiger partial charge in [0.05, 0.1) is 6.10 Å². The highest BCUT2D eigenvalue weighted by Crippen LogP contribution is 2.15. The van der Waals surface area contributed by atoms with Crippen molar-refractivity contribution in [1.29, 1.82) is 0 Å². The van der Waals surface area contributed by atoms with E-state index in [0.717, 1.165) is 19.4 Å². The molecule has 0 saturated heterocycles. The van der Waals surface area contributed by atoms with Crippen LogP contribution in [0.25, 0.3) is 0 Å². The SMILES string of the molecule is Cc1ccc(CC(CCl)CCOC(C)C)cc1. The summed E-state index contributed by atoms with van der Waals surface area (Å²) in [5.74, 6) is 1.22. The Hall–Kier alpha value is -0.530. The summed E-state index contributed by atoms with van der Waals surface area (Å²) in [6.45, 7) is 7.05. The Bertz CT molecular complexity index is 305. The first-order valence-corrected chi connectivity index (χ1v) is 6.88. The van der Waals surface area contributed by atoms with Gasteiger partial charge in [-0.3, -0.25) is 0 Å². The molecule has 0 aromatic heterocycles. The van der Waals surface area contributed by atoms with Gasteiger partial charge in [-0.2, -0.15) is 0 Å². The summed E-state index contributed by atoms with van der Waals surface area (Å²) in [6.07, 6.45) is 2.39. The van der Waals surface area contributed by atoms with Crippen LogP contribution in [0, 0.1) is 12.8 Å². The van der Waals surface area contributed by atoms with Gasteiger partial charge in [0, 0.05) is 12.5 Å². The highest BCUT2D eigenvalue weighted by atomic mass is 35.5. The summed E-state index contributed by atoms with van der Waals surface area (Å²) < 4.78 is 5.57. The number of ether oxygens (including phenoxy) is 1. The lowest BCUT2D eigenvalue weighted by Crippen LogP contribution is -2.12. The number of alkyl halides is 1. The van der Waals surface area contributed by atoms with Gasteiger partial charge in [0.2, 0.25) is 0 Å². The van der Waals surface area contributed by atoms with Gasteiger partial charge in [-0.15, -0.1) is 11.6 Å². The van der Waals surface area contributed by atoms with Gasteiger partial charge >= 0.3 is 0 Å². The molecule has 0 N–H and O–H groups in total. The summed E-state index contributed by atoms with van der Waals surface area (Å²) in [5, 5.41) is 0. The average Bonchev–Trinajstić information content (AvgIpc) is 2.30. The molecule has 1 nitrogen and oxygen atoms in total. The monoisotopic (exact) mass is 254 g/mol. The van der Waals surface area contributed by atoms with Crippen molar-refractivity contribution in [3.63, 3.8) is 0 Å². The smallest absolute Gasteiger partial charge is 0.0518 e. The maximum absolute atomic E-state index is 6.01. The molecule has 0 fully saturated rings. The Morgan fingerprint density at radius 2 is 1.82 bits per heavy atom. The first-order valence-electron chi connectivity index (χ1n) is 6.35. The van der Waals surface area contributed by atoms with E-state index < -0.39 is 0 Å². The summed E-state index contributed by atoms with van der Waals surface area (Å²) in [4.78, 5) is 0. The van der Waals surface area contributed by atoms with E-state index in [0.29, 0.717) is 17.9 Å². The van der Waals surface area contributed by atoms with E-state index in [4.69, 9.17) is 16.3 Å². The van der Waals surface area contributed by atoms with Gasteiger partial charge in [0.15, 0.2) is 0 Å². The molecular weight excluding hydrogens is 232 g/mol. The fourth-order valence-corrected chi connectivity index (χ4v) is 2.03. The highest BCUT2D eigenvalue weighted by Gasteiger charge is 2.09. The summed E-state index contributed by atoms with van der Waals surface area (Å²) in [6, 6.07) is 8.70. The molecule has 1 aromatic rings. The van der Waals surface area contributed by atoms with E-state index in [1.165, 1.54) is 11.1 Å². The van der Waals surface area contributed by atoms with E-state index in [2.05, 4.69) is 45.0 Å². The van der Waals surface area contributed by atoms with Crippen molar-refractivity contribution in [2.24, 2.45) is 5.92 Å². The maximum Gasteiger partial charge on any atom is 0.0518 e. The lowest BCUT2D eigenvalue weighted by Gasteiger charge is -2.15. The molecule has 1 aromatic carbocycles. The molecule has 2 heteroatoms. The molecule has 1 atom stereocenters. The minimum atomic E-state index is 0.311. The van der Waals surface area contributed by atoms with E-state index in [1.54, 1.807) is 0 Å². The van der Waals surface area contributed by atoms with Gasteiger partial charge in [0.1, 0.15) is 0 Å². The first-order chi connectivity index (χ1) is 8.11. The predicted octanol–water partition coefficient (Wildman–Crippen LogP) is 4.21. The van der Waals surface area contributed by atoms with Gasteiger partial charge in [-0.1, -0.05) is 29.8 Å². The van der Waals surface area contributed by atoms with Crippen LogP contribution in [0.3, 0.4) is 0 Å². The molecule has 0 aliphatic rings. The standard InChI is InChI=1S/C15H23ClO/c1-12(2)17-9-8-15(11-16)10-14-6-4-13(3)5-7-14/h4-7,12,15H,8-11H2,1-3H3. The molecule has 1 rings (SSSR count). The topological polar surface area (TPSA) is 9.23 Å². The Kier molecular flexibility index (Phi) is 6.61.